The molecule has 240 valence electrons. The average Bonchev–Trinajstić information content (AvgIpc) is 2.96. The highest BCUT2D eigenvalue weighted by Gasteiger charge is 2.12. The zero-order valence-electron chi connectivity index (χ0n) is 27.0. The highest BCUT2D eigenvalue weighted by atomic mass is 16.6. The predicted octanol–water partition coefficient (Wildman–Crippen LogP) is 9.07. The molecular weight excluding hydrogens is 504 g/mol. The van der Waals surface area contributed by atoms with Gasteiger partial charge in [-0.05, 0) is 31.6 Å². The van der Waals surface area contributed by atoms with Crippen LogP contribution >= 0.6 is 0 Å². The lowest BCUT2D eigenvalue weighted by Crippen LogP contribution is -2.15. The van der Waals surface area contributed by atoms with E-state index in [4.69, 9.17) is 23.7 Å². The number of unbranched alkanes of at least 4 members (excludes halogenated alkanes) is 13. The van der Waals surface area contributed by atoms with Crippen LogP contribution in [0.25, 0.3) is 0 Å². The summed E-state index contributed by atoms with van der Waals surface area (Å²) in [5.41, 5.74) is 0. The Hall–Kier alpha value is -0.690. The Morgan fingerprint density at radius 2 is 0.825 bits per heavy atom. The average molecular weight is 573 g/mol. The Bertz CT molecular complexity index is 487. The van der Waals surface area contributed by atoms with Gasteiger partial charge in [0.2, 0.25) is 0 Å². The van der Waals surface area contributed by atoms with Gasteiger partial charge in [-0.1, -0.05) is 117 Å². The van der Waals surface area contributed by atoms with Gasteiger partial charge in [0.25, 0.3) is 0 Å². The first-order valence-electron chi connectivity index (χ1n) is 17.2. The zero-order valence-corrected chi connectivity index (χ0v) is 27.0. The van der Waals surface area contributed by atoms with E-state index in [1.165, 1.54) is 109 Å². The molecule has 6 nitrogen and oxygen atoms in total. The van der Waals surface area contributed by atoms with Crippen molar-refractivity contribution in [1.29, 1.82) is 0 Å². The summed E-state index contributed by atoms with van der Waals surface area (Å²) in [6.07, 6.45) is 24.2. The van der Waals surface area contributed by atoms with Gasteiger partial charge in [0, 0.05) is 19.6 Å². The van der Waals surface area contributed by atoms with Crippen LogP contribution in [0.2, 0.25) is 0 Å². The molecule has 0 saturated heterocycles. The first-order chi connectivity index (χ1) is 19.7. The lowest BCUT2D eigenvalue weighted by Gasteiger charge is -2.17. The van der Waals surface area contributed by atoms with Crippen LogP contribution in [0.4, 0.5) is 0 Å². The third-order valence-electron chi connectivity index (χ3n) is 7.34. The van der Waals surface area contributed by atoms with Crippen LogP contribution < -0.4 is 0 Å². The molecular formula is C34H68O6. The number of esters is 1. The van der Waals surface area contributed by atoms with Crippen LogP contribution in [0, 0.1) is 5.92 Å². The summed E-state index contributed by atoms with van der Waals surface area (Å²) >= 11 is 0. The van der Waals surface area contributed by atoms with Gasteiger partial charge in [-0.2, -0.15) is 0 Å². The molecule has 0 aromatic heterocycles. The van der Waals surface area contributed by atoms with Crippen LogP contribution in [0.15, 0.2) is 0 Å². The van der Waals surface area contributed by atoms with Crippen LogP contribution in [0.3, 0.4) is 0 Å². The fourth-order valence-corrected chi connectivity index (χ4v) is 4.73. The van der Waals surface area contributed by atoms with Crippen molar-refractivity contribution in [3.63, 3.8) is 0 Å². The Kier molecular flexibility index (Phi) is 33.9. The van der Waals surface area contributed by atoms with E-state index >= 15 is 0 Å². The van der Waals surface area contributed by atoms with E-state index in [0.29, 0.717) is 71.6 Å². The SMILES string of the molecule is CCCCCCCCOCCOCCOCCOCCCC(=O)OCC(CCCCCC)CCCCCCCC. The molecule has 0 aromatic rings. The molecule has 0 spiro atoms. The van der Waals surface area contributed by atoms with E-state index in [1.807, 2.05) is 0 Å². The summed E-state index contributed by atoms with van der Waals surface area (Å²) in [5, 5.41) is 0. The molecule has 6 heteroatoms. The Labute approximate surface area is 249 Å². The summed E-state index contributed by atoms with van der Waals surface area (Å²) in [6.45, 7) is 12.2. The number of hydrogen-bond donors (Lipinski definition) is 0. The van der Waals surface area contributed by atoms with Crippen LogP contribution in [-0.2, 0) is 28.5 Å². The zero-order chi connectivity index (χ0) is 29.2. The lowest BCUT2D eigenvalue weighted by atomic mass is 9.95. The summed E-state index contributed by atoms with van der Waals surface area (Å²) in [6, 6.07) is 0. The molecule has 0 aromatic carbocycles. The Morgan fingerprint density at radius 3 is 1.32 bits per heavy atom. The van der Waals surface area contributed by atoms with Crippen molar-refractivity contribution in [2.45, 2.75) is 149 Å². The molecule has 0 rings (SSSR count). The van der Waals surface area contributed by atoms with Crippen molar-refractivity contribution in [3.05, 3.63) is 0 Å². The molecule has 0 radical (unpaired) electrons. The lowest BCUT2D eigenvalue weighted by molar-refractivity contribution is -0.145. The molecule has 1 atom stereocenters. The van der Waals surface area contributed by atoms with Crippen molar-refractivity contribution in [3.8, 4) is 0 Å². The van der Waals surface area contributed by atoms with E-state index in [9.17, 15) is 4.79 Å². The Balaban J connectivity index is 3.57. The maximum Gasteiger partial charge on any atom is 0.305 e. The molecule has 0 fully saturated rings. The number of ether oxygens (including phenoxy) is 5. The van der Waals surface area contributed by atoms with Crippen LogP contribution in [0.1, 0.15) is 149 Å². The summed E-state index contributed by atoms with van der Waals surface area (Å²) in [5.74, 6) is 0.427. The van der Waals surface area contributed by atoms with E-state index in [-0.39, 0.29) is 5.97 Å². The molecule has 0 aliphatic carbocycles. The first kappa shape index (κ1) is 39.3. The monoisotopic (exact) mass is 573 g/mol. The first-order valence-corrected chi connectivity index (χ1v) is 17.2. The van der Waals surface area contributed by atoms with Gasteiger partial charge in [-0.3, -0.25) is 4.79 Å². The quantitative estimate of drug-likeness (QED) is 0.0566. The molecule has 0 amide bonds. The molecule has 0 saturated carbocycles. The second kappa shape index (κ2) is 34.5. The van der Waals surface area contributed by atoms with E-state index < -0.39 is 0 Å². The minimum atomic E-state index is -0.0885. The Morgan fingerprint density at radius 1 is 0.450 bits per heavy atom. The van der Waals surface area contributed by atoms with Crippen LogP contribution in [-0.4, -0.2) is 65.4 Å². The van der Waals surface area contributed by atoms with Gasteiger partial charge in [0.1, 0.15) is 0 Å². The van der Waals surface area contributed by atoms with E-state index in [1.54, 1.807) is 0 Å². The largest absolute Gasteiger partial charge is 0.465 e. The molecule has 0 bridgehead atoms. The van der Waals surface area contributed by atoms with Gasteiger partial charge in [-0.15, -0.1) is 0 Å². The van der Waals surface area contributed by atoms with Gasteiger partial charge in [0.05, 0.1) is 46.2 Å². The minimum Gasteiger partial charge on any atom is -0.465 e. The molecule has 0 N–H and O–H groups in total. The molecule has 1 unspecified atom stereocenters. The number of carbonyl (C=O) groups is 1. The smallest absolute Gasteiger partial charge is 0.305 e. The van der Waals surface area contributed by atoms with Crippen molar-refractivity contribution in [2.24, 2.45) is 5.92 Å². The second-order valence-corrected chi connectivity index (χ2v) is 11.3. The van der Waals surface area contributed by atoms with Crippen molar-refractivity contribution >= 4 is 5.97 Å². The van der Waals surface area contributed by atoms with Gasteiger partial charge in [0.15, 0.2) is 0 Å². The summed E-state index contributed by atoms with van der Waals surface area (Å²) in [4.78, 5) is 12.2. The minimum absolute atomic E-state index is 0.0885. The summed E-state index contributed by atoms with van der Waals surface area (Å²) < 4.78 is 27.9. The topological polar surface area (TPSA) is 63.2 Å². The number of rotatable bonds is 34. The molecule has 0 aliphatic heterocycles. The highest BCUT2D eigenvalue weighted by Crippen LogP contribution is 2.19. The highest BCUT2D eigenvalue weighted by molar-refractivity contribution is 5.69. The maximum atomic E-state index is 12.2. The third kappa shape index (κ3) is 31.8. The van der Waals surface area contributed by atoms with Gasteiger partial charge >= 0.3 is 5.97 Å². The predicted molar refractivity (Wildman–Crippen MR) is 167 cm³/mol. The van der Waals surface area contributed by atoms with Gasteiger partial charge in [-0.25, -0.2) is 0 Å². The molecule has 40 heavy (non-hydrogen) atoms. The summed E-state index contributed by atoms with van der Waals surface area (Å²) in [7, 11) is 0. The van der Waals surface area contributed by atoms with E-state index in [0.717, 1.165) is 13.0 Å². The second-order valence-electron chi connectivity index (χ2n) is 11.3. The molecule has 0 heterocycles. The standard InChI is InChI=1S/C34H68O6/c1-4-7-10-13-15-18-22-33(21-17-12-9-6-3)32-40-34(35)23-20-25-37-27-29-39-31-30-38-28-26-36-24-19-16-14-11-8-5-2/h33H,4-32H2,1-3H3. The van der Waals surface area contributed by atoms with Gasteiger partial charge < -0.3 is 23.7 Å². The molecule has 0 aliphatic rings. The maximum absolute atomic E-state index is 12.2. The third-order valence-corrected chi connectivity index (χ3v) is 7.34. The normalized spacial score (nSPS) is 12.2. The van der Waals surface area contributed by atoms with Crippen molar-refractivity contribution in [1.82, 2.24) is 0 Å². The number of hydrogen-bond acceptors (Lipinski definition) is 6. The fraction of sp³-hybridized carbons (Fsp3) is 0.971. The fourth-order valence-electron chi connectivity index (χ4n) is 4.73. The van der Waals surface area contributed by atoms with Crippen LogP contribution in [0.5, 0.6) is 0 Å². The van der Waals surface area contributed by atoms with E-state index in [2.05, 4.69) is 20.8 Å². The van der Waals surface area contributed by atoms with Crippen molar-refractivity contribution in [2.75, 3.05) is 59.5 Å². The van der Waals surface area contributed by atoms with Crippen molar-refractivity contribution < 1.29 is 28.5 Å². The number of carbonyl (C=O) groups excluding carboxylic acids is 1.